The second kappa shape index (κ2) is 6.69. The predicted octanol–water partition coefficient (Wildman–Crippen LogP) is 3.06. The van der Waals surface area contributed by atoms with E-state index in [4.69, 9.17) is 0 Å². The van der Waals surface area contributed by atoms with Crippen LogP contribution in [0.5, 0.6) is 0 Å². The lowest BCUT2D eigenvalue weighted by Gasteiger charge is -2.29. The molecule has 0 spiro atoms. The Balaban J connectivity index is 1.29. The van der Waals surface area contributed by atoms with E-state index in [2.05, 4.69) is 22.9 Å². The van der Waals surface area contributed by atoms with Gasteiger partial charge in [-0.25, -0.2) is 0 Å². The van der Waals surface area contributed by atoms with Gasteiger partial charge in [0.15, 0.2) is 0 Å². The Hall–Kier alpha value is -1.66. The Morgan fingerprint density at radius 2 is 1.29 bits per heavy atom. The number of thiophene rings is 2. The standard InChI is InChI=1S/C18H20N2O2S2/c21-17(19-7-3-15-13(11-19)5-9-23-15)1-2-18(22)20-8-4-16-14(12-20)6-10-24-16/h5-6,9-10H,1-4,7-8,11-12H2. The Labute approximate surface area is 149 Å². The molecule has 0 N–H and O–H groups in total. The summed E-state index contributed by atoms with van der Waals surface area (Å²) < 4.78 is 0. The third kappa shape index (κ3) is 3.13. The molecule has 126 valence electrons. The molecule has 0 fully saturated rings. The minimum atomic E-state index is 0.105. The van der Waals surface area contributed by atoms with Gasteiger partial charge in [-0.2, -0.15) is 0 Å². The fourth-order valence-corrected chi connectivity index (χ4v) is 5.23. The molecule has 0 saturated carbocycles. The molecule has 4 rings (SSSR count). The average Bonchev–Trinajstić information content (AvgIpc) is 3.26. The van der Waals surface area contributed by atoms with E-state index < -0.39 is 0 Å². The second-order valence-corrected chi connectivity index (χ2v) is 8.37. The van der Waals surface area contributed by atoms with Crippen LogP contribution in [0.15, 0.2) is 22.9 Å². The van der Waals surface area contributed by atoms with E-state index in [1.165, 1.54) is 20.9 Å². The van der Waals surface area contributed by atoms with E-state index in [0.29, 0.717) is 25.9 Å². The summed E-state index contributed by atoms with van der Waals surface area (Å²) in [6, 6.07) is 4.22. The summed E-state index contributed by atoms with van der Waals surface area (Å²) in [6.07, 6.45) is 2.54. The normalized spacial score (nSPS) is 16.7. The van der Waals surface area contributed by atoms with Crippen molar-refractivity contribution in [3.05, 3.63) is 43.8 Å². The van der Waals surface area contributed by atoms with Crippen molar-refractivity contribution < 1.29 is 9.59 Å². The van der Waals surface area contributed by atoms with Crippen LogP contribution in [0.25, 0.3) is 0 Å². The highest BCUT2D eigenvalue weighted by atomic mass is 32.1. The highest BCUT2D eigenvalue weighted by molar-refractivity contribution is 7.10. The van der Waals surface area contributed by atoms with E-state index in [9.17, 15) is 9.59 Å². The first-order chi connectivity index (χ1) is 11.7. The molecule has 0 radical (unpaired) electrons. The number of hydrogen-bond donors (Lipinski definition) is 0. The van der Waals surface area contributed by atoms with Gasteiger partial charge in [-0.05, 0) is 46.9 Å². The first kappa shape index (κ1) is 15.8. The van der Waals surface area contributed by atoms with Gasteiger partial charge in [0.25, 0.3) is 0 Å². The lowest BCUT2D eigenvalue weighted by Crippen LogP contribution is -2.38. The van der Waals surface area contributed by atoms with Crippen molar-refractivity contribution in [1.29, 1.82) is 0 Å². The number of amides is 2. The number of nitrogens with zero attached hydrogens (tertiary/aromatic N) is 2. The summed E-state index contributed by atoms with van der Waals surface area (Å²) in [5.74, 6) is 0.210. The van der Waals surface area contributed by atoms with Gasteiger partial charge in [0.2, 0.25) is 11.8 Å². The third-order valence-electron chi connectivity index (χ3n) is 4.87. The molecule has 4 heterocycles. The van der Waals surface area contributed by atoms with E-state index >= 15 is 0 Å². The molecule has 6 heteroatoms. The number of fused-ring (bicyclic) bond motifs is 2. The Morgan fingerprint density at radius 1 is 0.833 bits per heavy atom. The third-order valence-corrected chi connectivity index (χ3v) is 6.92. The number of carbonyl (C=O) groups excluding carboxylic acids is 2. The van der Waals surface area contributed by atoms with Crippen LogP contribution < -0.4 is 0 Å². The zero-order chi connectivity index (χ0) is 16.5. The molecule has 0 atom stereocenters. The first-order valence-corrected chi connectivity index (χ1v) is 10.1. The highest BCUT2D eigenvalue weighted by Gasteiger charge is 2.24. The van der Waals surface area contributed by atoms with Gasteiger partial charge in [0, 0.05) is 48.8 Å². The van der Waals surface area contributed by atoms with Crippen molar-refractivity contribution in [3.63, 3.8) is 0 Å². The van der Waals surface area contributed by atoms with Gasteiger partial charge in [-0.3, -0.25) is 9.59 Å². The maximum atomic E-state index is 12.4. The molecular weight excluding hydrogens is 340 g/mol. The van der Waals surface area contributed by atoms with Gasteiger partial charge < -0.3 is 9.80 Å². The monoisotopic (exact) mass is 360 g/mol. The van der Waals surface area contributed by atoms with Crippen LogP contribution in [0.3, 0.4) is 0 Å². The fraction of sp³-hybridized carbons (Fsp3) is 0.444. The maximum Gasteiger partial charge on any atom is 0.223 e. The van der Waals surface area contributed by atoms with E-state index in [-0.39, 0.29) is 11.8 Å². The van der Waals surface area contributed by atoms with Crippen LogP contribution in [0.2, 0.25) is 0 Å². The van der Waals surface area contributed by atoms with Gasteiger partial charge in [0.1, 0.15) is 0 Å². The molecule has 2 aliphatic heterocycles. The molecule has 0 aromatic carbocycles. The molecule has 4 nitrogen and oxygen atoms in total. The van der Waals surface area contributed by atoms with E-state index in [0.717, 1.165) is 25.9 Å². The molecule has 2 amide bonds. The SMILES string of the molecule is O=C(CCC(=O)N1CCc2sccc2C1)N1CCc2sccc2C1. The summed E-state index contributed by atoms with van der Waals surface area (Å²) >= 11 is 3.55. The van der Waals surface area contributed by atoms with Crippen molar-refractivity contribution in [2.24, 2.45) is 0 Å². The van der Waals surface area contributed by atoms with Gasteiger partial charge >= 0.3 is 0 Å². The van der Waals surface area contributed by atoms with Gasteiger partial charge in [0.05, 0.1) is 0 Å². The molecule has 0 saturated heterocycles. The molecule has 2 aromatic heterocycles. The summed E-state index contributed by atoms with van der Waals surface area (Å²) in [6.45, 7) is 2.96. The summed E-state index contributed by atoms with van der Waals surface area (Å²) in [7, 11) is 0. The van der Waals surface area contributed by atoms with E-state index in [1.807, 2.05) is 9.80 Å². The van der Waals surface area contributed by atoms with Crippen molar-refractivity contribution in [3.8, 4) is 0 Å². The summed E-state index contributed by atoms with van der Waals surface area (Å²) in [5.41, 5.74) is 2.54. The van der Waals surface area contributed by atoms with Crippen molar-refractivity contribution >= 4 is 34.5 Å². The summed E-state index contributed by atoms with van der Waals surface area (Å²) in [4.78, 5) is 31.5. The molecule has 0 unspecified atom stereocenters. The average molecular weight is 361 g/mol. The molecule has 2 aliphatic rings. The fourth-order valence-electron chi connectivity index (χ4n) is 3.45. The van der Waals surface area contributed by atoms with Crippen molar-refractivity contribution in [2.45, 2.75) is 38.8 Å². The lowest BCUT2D eigenvalue weighted by molar-refractivity contribution is -0.138. The second-order valence-electron chi connectivity index (χ2n) is 6.37. The number of rotatable bonds is 3. The zero-order valence-corrected chi connectivity index (χ0v) is 15.1. The van der Waals surface area contributed by atoms with Crippen molar-refractivity contribution in [1.82, 2.24) is 9.80 Å². The van der Waals surface area contributed by atoms with E-state index in [1.54, 1.807) is 22.7 Å². The quantitative estimate of drug-likeness (QED) is 0.844. The van der Waals surface area contributed by atoms with Gasteiger partial charge in [-0.1, -0.05) is 0 Å². The van der Waals surface area contributed by atoms with Gasteiger partial charge in [-0.15, -0.1) is 22.7 Å². The van der Waals surface area contributed by atoms with Crippen LogP contribution >= 0.6 is 22.7 Å². The minimum Gasteiger partial charge on any atom is -0.338 e. The lowest BCUT2D eigenvalue weighted by atomic mass is 10.1. The van der Waals surface area contributed by atoms with Crippen LogP contribution in [-0.4, -0.2) is 34.7 Å². The molecular formula is C18H20N2O2S2. The van der Waals surface area contributed by atoms with Crippen LogP contribution in [0, 0.1) is 0 Å². The Morgan fingerprint density at radius 3 is 1.75 bits per heavy atom. The molecule has 2 aromatic rings. The number of hydrogen-bond acceptors (Lipinski definition) is 4. The maximum absolute atomic E-state index is 12.4. The smallest absolute Gasteiger partial charge is 0.223 e. The molecule has 0 bridgehead atoms. The summed E-state index contributed by atoms with van der Waals surface area (Å²) in [5, 5.41) is 4.19. The minimum absolute atomic E-state index is 0.105. The van der Waals surface area contributed by atoms with Crippen LogP contribution in [-0.2, 0) is 35.5 Å². The number of carbonyl (C=O) groups is 2. The molecule has 24 heavy (non-hydrogen) atoms. The Kier molecular flexibility index (Phi) is 4.41. The van der Waals surface area contributed by atoms with Crippen LogP contribution in [0.4, 0.5) is 0 Å². The predicted molar refractivity (Wildman–Crippen MR) is 96.1 cm³/mol. The Bertz CT molecular complexity index is 700. The topological polar surface area (TPSA) is 40.6 Å². The van der Waals surface area contributed by atoms with Crippen molar-refractivity contribution in [2.75, 3.05) is 13.1 Å². The molecule has 0 aliphatic carbocycles. The highest BCUT2D eigenvalue weighted by Crippen LogP contribution is 2.26. The first-order valence-electron chi connectivity index (χ1n) is 8.37. The largest absolute Gasteiger partial charge is 0.338 e. The van der Waals surface area contributed by atoms with Crippen LogP contribution in [0.1, 0.15) is 33.7 Å². The zero-order valence-electron chi connectivity index (χ0n) is 13.5.